The van der Waals surface area contributed by atoms with Crippen molar-refractivity contribution in [1.29, 1.82) is 0 Å². The molecule has 0 bridgehead atoms. The summed E-state index contributed by atoms with van der Waals surface area (Å²) in [6.45, 7) is 4.00. The number of hydrogen-bond donors (Lipinski definition) is 4. The molecule has 3 amide bonds. The van der Waals surface area contributed by atoms with Gasteiger partial charge < -0.3 is 22.1 Å². The molecule has 0 aliphatic rings. The molecular weight excluding hydrogens is 244 g/mol. The third-order valence-corrected chi connectivity index (χ3v) is 3.17. The zero-order valence-corrected chi connectivity index (χ0v) is 11.2. The number of anilines is 2. The lowest BCUT2D eigenvalue weighted by Gasteiger charge is -2.25. The molecule has 1 atom stereocenters. The number of carbonyl (C=O) groups is 2. The molecule has 0 saturated heterocycles. The van der Waals surface area contributed by atoms with E-state index < -0.39 is 11.4 Å². The van der Waals surface area contributed by atoms with Gasteiger partial charge in [-0.25, -0.2) is 4.79 Å². The predicted molar refractivity (Wildman–Crippen MR) is 75.7 cm³/mol. The molecule has 0 spiro atoms. The average molecular weight is 264 g/mol. The number of rotatable bonds is 5. The molecular formula is C13H20N4O2. The molecule has 0 saturated carbocycles. The van der Waals surface area contributed by atoms with Gasteiger partial charge in [-0.15, -0.1) is 0 Å². The lowest BCUT2D eigenvalue weighted by Crippen LogP contribution is -2.39. The standard InChI is InChI=1S/C13H20N4O2/c1-3-13(2,8-14)11(18)16-9-5-4-6-10(7-9)17-12(15)19/h4-7H,3,8,14H2,1-2H3,(H,16,18)(H3,15,17,19). The van der Waals surface area contributed by atoms with Crippen molar-refractivity contribution in [1.82, 2.24) is 0 Å². The molecule has 0 aliphatic carbocycles. The first-order valence-electron chi connectivity index (χ1n) is 6.09. The zero-order valence-electron chi connectivity index (χ0n) is 11.2. The van der Waals surface area contributed by atoms with Crippen molar-refractivity contribution in [3.8, 4) is 0 Å². The van der Waals surface area contributed by atoms with E-state index in [-0.39, 0.29) is 12.5 Å². The summed E-state index contributed by atoms with van der Waals surface area (Å²) in [6.07, 6.45) is 0.647. The number of benzene rings is 1. The maximum atomic E-state index is 12.1. The van der Waals surface area contributed by atoms with Crippen LogP contribution in [0.1, 0.15) is 20.3 Å². The second-order valence-corrected chi connectivity index (χ2v) is 4.64. The van der Waals surface area contributed by atoms with Crippen LogP contribution in [0.25, 0.3) is 0 Å². The van der Waals surface area contributed by atoms with Gasteiger partial charge in [-0.05, 0) is 31.5 Å². The molecule has 6 N–H and O–H groups in total. The monoisotopic (exact) mass is 264 g/mol. The van der Waals surface area contributed by atoms with E-state index in [1.54, 1.807) is 24.3 Å². The minimum Gasteiger partial charge on any atom is -0.351 e. The Kier molecular flexibility index (Phi) is 4.88. The predicted octanol–water partition coefficient (Wildman–Crippen LogP) is 1.49. The van der Waals surface area contributed by atoms with E-state index in [0.717, 1.165) is 0 Å². The Labute approximate surface area is 112 Å². The van der Waals surface area contributed by atoms with Crippen LogP contribution in [0.15, 0.2) is 24.3 Å². The summed E-state index contributed by atoms with van der Waals surface area (Å²) in [5.41, 5.74) is 11.2. The number of nitrogens with one attached hydrogen (secondary N) is 2. The SMILES string of the molecule is CCC(C)(CN)C(=O)Nc1cccc(NC(N)=O)c1. The van der Waals surface area contributed by atoms with Crippen LogP contribution < -0.4 is 22.1 Å². The summed E-state index contributed by atoms with van der Waals surface area (Å²) in [6, 6.07) is 6.12. The van der Waals surface area contributed by atoms with Crippen molar-refractivity contribution >= 4 is 23.3 Å². The Balaban J connectivity index is 2.82. The van der Waals surface area contributed by atoms with Gasteiger partial charge >= 0.3 is 6.03 Å². The van der Waals surface area contributed by atoms with E-state index in [2.05, 4.69) is 10.6 Å². The van der Waals surface area contributed by atoms with Crippen molar-refractivity contribution in [2.75, 3.05) is 17.2 Å². The van der Waals surface area contributed by atoms with Crippen molar-refractivity contribution in [2.24, 2.45) is 16.9 Å². The van der Waals surface area contributed by atoms with E-state index in [4.69, 9.17) is 11.5 Å². The Morgan fingerprint density at radius 2 is 1.84 bits per heavy atom. The first-order chi connectivity index (χ1) is 8.91. The van der Waals surface area contributed by atoms with Crippen LogP contribution in [0.2, 0.25) is 0 Å². The second-order valence-electron chi connectivity index (χ2n) is 4.64. The smallest absolute Gasteiger partial charge is 0.316 e. The first-order valence-corrected chi connectivity index (χ1v) is 6.09. The minimum absolute atomic E-state index is 0.145. The summed E-state index contributed by atoms with van der Waals surface area (Å²) < 4.78 is 0. The highest BCUT2D eigenvalue weighted by Gasteiger charge is 2.29. The largest absolute Gasteiger partial charge is 0.351 e. The topological polar surface area (TPSA) is 110 Å². The number of primary amides is 1. The number of urea groups is 1. The molecule has 1 aromatic rings. The number of hydrogen-bond acceptors (Lipinski definition) is 3. The summed E-state index contributed by atoms with van der Waals surface area (Å²) in [7, 11) is 0. The number of carbonyl (C=O) groups excluding carboxylic acids is 2. The number of amides is 3. The van der Waals surface area contributed by atoms with Crippen molar-refractivity contribution < 1.29 is 9.59 Å². The van der Waals surface area contributed by atoms with E-state index in [1.807, 2.05) is 13.8 Å². The minimum atomic E-state index is -0.649. The molecule has 19 heavy (non-hydrogen) atoms. The summed E-state index contributed by atoms with van der Waals surface area (Å²) in [4.78, 5) is 22.9. The van der Waals surface area contributed by atoms with Crippen LogP contribution in [-0.2, 0) is 4.79 Å². The fourth-order valence-electron chi connectivity index (χ4n) is 1.50. The third-order valence-electron chi connectivity index (χ3n) is 3.17. The molecule has 0 aliphatic heterocycles. The van der Waals surface area contributed by atoms with Gasteiger partial charge in [-0.3, -0.25) is 4.79 Å². The van der Waals surface area contributed by atoms with Crippen LogP contribution >= 0.6 is 0 Å². The molecule has 1 aromatic carbocycles. The van der Waals surface area contributed by atoms with Crippen molar-refractivity contribution in [3.63, 3.8) is 0 Å². The van der Waals surface area contributed by atoms with Crippen LogP contribution in [0.4, 0.5) is 16.2 Å². The van der Waals surface area contributed by atoms with Gasteiger partial charge in [0.2, 0.25) is 5.91 Å². The van der Waals surface area contributed by atoms with E-state index in [0.29, 0.717) is 17.8 Å². The molecule has 1 unspecified atom stereocenters. The maximum absolute atomic E-state index is 12.1. The van der Waals surface area contributed by atoms with Gasteiger partial charge in [-0.1, -0.05) is 13.0 Å². The van der Waals surface area contributed by atoms with Crippen LogP contribution in [0.5, 0.6) is 0 Å². The van der Waals surface area contributed by atoms with E-state index in [9.17, 15) is 9.59 Å². The zero-order chi connectivity index (χ0) is 14.5. The Morgan fingerprint density at radius 3 is 2.32 bits per heavy atom. The Hall–Kier alpha value is -2.08. The van der Waals surface area contributed by atoms with E-state index in [1.165, 1.54) is 0 Å². The highest BCUT2D eigenvalue weighted by atomic mass is 16.2. The lowest BCUT2D eigenvalue weighted by molar-refractivity contribution is -0.124. The van der Waals surface area contributed by atoms with Crippen molar-refractivity contribution in [2.45, 2.75) is 20.3 Å². The van der Waals surface area contributed by atoms with Gasteiger partial charge in [0.1, 0.15) is 0 Å². The normalized spacial score (nSPS) is 13.4. The summed E-state index contributed by atoms with van der Waals surface area (Å²) in [5, 5.41) is 5.23. The molecule has 0 aromatic heterocycles. The molecule has 0 radical (unpaired) electrons. The Morgan fingerprint density at radius 1 is 1.26 bits per heavy atom. The van der Waals surface area contributed by atoms with Gasteiger partial charge in [0.05, 0.1) is 5.41 Å². The van der Waals surface area contributed by atoms with Crippen LogP contribution in [-0.4, -0.2) is 18.5 Å². The second kappa shape index (κ2) is 6.19. The molecule has 6 nitrogen and oxygen atoms in total. The van der Waals surface area contributed by atoms with Crippen molar-refractivity contribution in [3.05, 3.63) is 24.3 Å². The first kappa shape index (κ1) is 15.0. The molecule has 0 fully saturated rings. The Bertz CT molecular complexity index is 469. The molecule has 104 valence electrons. The van der Waals surface area contributed by atoms with Gasteiger partial charge in [0.15, 0.2) is 0 Å². The highest BCUT2D eigenvalue weighted by Crippen LogP contribution is 2.23. The highest BCUT2D eigenvalue weighted by molar-refractivity contribution is 5.96. The maximum Gasteiger partial charge on any atom is 0.316 e. The van der Waals surface area contributed by atoms with Crippen LogP contribution in [0.3, 0.4) is 0 Å². The van der Waals surface area contributed by atoms with Gasteiger partial charge in [-0.2, -0.15) is 0 Å². The molecule has 0 heterocycles. The fourth-order valence-corrected chi connectivity index (χ4v) is 1.50. The third kappa shape index (κ3) is 3.96. The fraction of sp³-hybridized carbons (Fsp3) is 0.385. The van der Waals surface area contributed by atoms with Gasteiger partial charge in [0.25, 0.3) is 0 Å². The van der Waals surface area contributed by atoms with E-state index >= 15 is 0 Å². The average Bonchev–Trinajstić information content (AvgIpc) is 2.37. The number of nitrogens with two attached hydrogens (primary N) is 2. The summed E-state index contributed by atoms with van der Waals surface area (Å²) in [5.74, 6) is -0.145. The molecule has 1 rings (SSSR count). The quantitative estimate of drug-likeness (QED) is 0.646. The van der Waals surface area contributed by atoms with Gasteiger partial charge in [0, 0.05) is 17.9 Å². The summed E-state index contributed by atoms with van der Waals surface area (Å²) >= 11 is 0. The molecule has 6 heteroatoms. The van der Waals surface area contributed by atoms with Crippen LogP contribution in [0, 0.1) is 5.41 Å². The lowest BCUT2D eigenvalue weighted by atomic mass is 9.86.